The third kappa shape index (κ3) is 3.77. The molecule has 0 saturated carbocycles. The van der Waals surface area contributed by atoms with Gasteiger partial charge in [0.25, 0.3) is 0 Å². The van der Waals surface area contributed by atoms with Gasteiger partial charge < -0.3 is 9.64 Å². The second-order valence-electron chi connectivity index (χ2n) is 6.65. The van der Waals surface area contributed by atoms with E-state index in [1.54, 1.807) is 23.3 Å². The smallest absolute Gasteiger partial charge is 0.228 e. The van der Waals surface area contributed by atoms with Crippen LogP contribution in [0.3, 0.4) is 0 Å². The Balaban J connectivity index is 1.51. The normalized spacial score (nSPS) is 10.9. The monoisotopic (exact) mass is 391 g/mol. The quantitative estimate of drug-likeness (QED) is 0.493. The van der Waals surface area contributed by atoms with E-state index in [9.17, 15) is 4.79 Å². The Hall–Kier alpha value is -3.12. The van der Waals surface area contributed by atoms with Gasteiger partial charge in [-0.2, -0.15) is 0 Å². The van der Waals surface area contributed by atoms with Crippen LogP contribution in [0.15, 0.2) is 66.2 Å². The van der Waals surface area contributed by atoms with Gasteiger partial charge in [0.2, 0.25) is 5.91 Å². The molecule has 5 nitrogen and oxygen atoms in total. The molecule has 2 heterocycles. The fourth-order valence-electron chi connectivity index (χ4n) is 3.09. The summed E-state index contributed by atoms with van der Waals surface area (Å²) in [7, 11) is 3.50. The highest BCUT2D eigenvalue weighted by molar-refractivity contribution is 7.15. The highest BCUT2D eigenvalue weighted by Gasteiger charge is 2.15. The van der Waals surface area contributed by atoms with Crippen LogP contribution in [0.25, 0.3) is 16.2 Å². The molecule has 142 valence electrons. The predicted octanol–water partition coefficient (Wildman–Crippen LogP) is 4.27. The van der Waals surface area contributed by atoms with Crippen molar-refractivity contribution in [1.29, 1.82) is 0 Å². The minimum Gasteiger partial charge on any atom is -0.497 e. The zero-order chi connectivity index (χ0) is 19.5. The molecule has 6 heteroatoms. The molecule has 0 radical (unpaired) electrons. The predicted molar refractivity (Wildman–Crippen MR) is 112 cm³/mol. The van der Waals surface area contributed by atoms with Crippen LogP contribution >= 0.6 is 11.3 Å². The van der Waals surface area contributed by atoms with Gasteiger partial charge in [0.15, 0.2) is 4.96 Å². The molecule has 2 aromatic heterocycles. The molecule has 0 aliphatic carbocycles. The van der Waals surface area contributed by atoms with Crippen LogP contribution in [0.5, 0.6) is 5.75 Å². The number of benzene rings is 2. The maximum atomic E-state index is 12.7. The molecule has 0 N–H and O–H groups in total. The summed E-state index contributed by atoms with van der Waals surface area (Å²) in [6.45, 7) is 0.605. The van der Waals surface area contributed by atoms with E-state index in [0.717, 1.165) is 33.2 Å². The van der Waals surface area contributed by atoms with Crippen LogP contribution in [0, 0.1) is 0 Å². The molecule has 1 amide bonds. The van der Waals surface area contributed by atoms with Crippen LogP contribution in [0.2, 0.25) is 0 Å². The largest absolute Gasteiger partial charge is 0.497 e. The fourth-order valence-corrected chi connectivity index (χ4v) is 3.97. The van der Waals surface area contributed by atoms with Gasteiger partial charge in [-0.25, -0.2) is 4.98 Å². The van der Waals surface area contributed by atoms with Crippen LogP contribution in [0.4, 0.5) is 0 Å². The zero-order valence-electron chi connectivity index (χ0n) is 15.8. The lowest BCUT2D eigenvalue weighted by Crippen LogP contribution is -2.28. The Labute approximate surface area is 167 Å². The van der Waals surface area contributed by atoms with Crippen molar-refractivity contribution < 1.29 is 9.53 Å². The number of hydrogen-bond acceptors (Lipinski definition) is 4. The third-order valence-corrected chi connectivity index (χ3v) is 5.58. The van der Waals surface area contributed by atoms with Crippen LogP contribution < -0.4 is 4.74 Å². The third-order valence-electron chi connectivity index (χ3n) is 4.69. The van der Waals surface area contributed by atoms with E-state index >= 15 is 0 Å². The minimum absolute atomic E-state index is 0.0863. The summed E-state index contributed by atoms with van der Waals surface area (Å²) in [5.74, 6) is 0.903. The van der Waals surface area contributed by atoms with Gasteiger partial charge >= 0.3 is 0 Å². The van der Waals surface area contributed by atoms with E-state index in [1.807, 2.05) is 77.6 Å². The SMILES string of the molecule is COc1ccc(-c2cn3c(CC(=O)N(C)Cc4ccccc4)csc3n2)cc1. The molecule has 2 aromatic carbocycles. The molecular formula is C22H21N3O2S. The topological polar surface area (TPSA) is 46.8 Å². The Kier molecular flexibility index (Phi) is 5.12. The summed E-state index contributed by atoms with van der Waals surface area (Å²) in [5, 5.41) is 2.01. The first kappa shape index (κ1) is 18.3. The number of fused-ring (bicyclic) bond motifs is 1. The summed E-state index contributed by atoms with van der Waals surface area (Å²) >= 11 is 1.55. The number of ether oxygens (including phenoxy) is 1. The molecule has 0 unspecified atom stereocenters. The molecule has 0 bridgehead atoms. The highest BCUT2D eigenvalue weighted by atomic mass is 32.1. The molecule has 28 heavy (non-hydrogen) atoms. The second-order valence-corrected chi connectivity index (χ2v) is 7.48. The lowest BCUT2D eigenvalue weighted by molar-refractivity contribution is -0.129. The Morgan fingerprint density at radius 1 is 1.14 bits per heavy atom. The summed E-state index contributed by atoms with van der Waals surface area (Å²) < 4.78 is 7.22. The number of amides is 1. The van der Waals surface area contributed by atoms with Crippen molar-refractivity contribution in [3.05, 3.63) is 77.4 Å². The highest BCUT2D eigenvalue weighted by Crippen LogP contribution is 2.25. The number of thiazole rings is 1. The average molecular weight is 391 g/mol. The number of imidazole rings is 1. The van der Waals surface area contributed by atoms with E-state index in [0.29, 0.717) is 13.0 Å². The fraction of sp³-hybridized carbons (Fsp3) is 0.182. The lowest BCUT2D eigenvalue weighted by Gasteiger charge is -2.17. The number of likely N-dealkylation sites (N-methyl/N-ethyl adjacent to an activating group) is 1. The summed E-state index contributed by atoms with van der Waals surface area (Å²) in [5.41, 5.74) is 3.99. The first-order chi connectivity index (χ1) is 13.6. The molecular weight excluding hydrogens is 370 g/mol. The van der Waals surface area contributed by atoms with Gasteiger partial charge in [0, 0.05) is 36.4 Å². The number of carbonyl (C=O) groups excluding carboxylic acids is 1. The van der Waals surface area contributed by atoms with Crippen LogP contribution in [-0.2, 0) is 17.8 Å². The summed E-state index contributed by atoms with van der Waals surface area (Å²) in [6, 6.07) is 17.8. The summed E-state index contributed by atoms with van der Waals surface area (Å²) in [6.07, 6.45) is 2.34. The number of carbonyl (C=O) groups is 1. The first-order valence-electron chi connectivity index (χ1n) is 9.02. The standard InChI is InChI=1S/C22H21N3O2S/c1-24(13-16-6-4-3-5-7-16)21(26)12-18-15-28-22-23-20(14-25(18)22)17-8-10-19(27-2)11-9-17/h3-11,14-15H,12-13H2,1-2H3. The van der Waals surface area contributed by atoms with Crippen molar-refractivity contribution in [3.63, 3.8) is 0 Å². The number of methoxy groups -OCH3 is 1. The molecule has 4 rings (SSSR count). The van der Waals surface area contributed by atoms with E-state index in [1.165, 1.54) is 0 Å². The molecule has 0 aliphatic heterocycles. The Morgan fingerprint density at radius 3 is 2.61 bits per heavy atom. The number of nitrogens with zero attached hydrogens (tertiary/aromatic N) is 3. The van der Waals surface area contributed by atoms with Gasteiger partial charge in [0.05, 0.1) is 19.2 Å². The molecule has 0 saturated heterocycles. The van der Waals surface area contributed by atoms with Crippen molar-refractivity contribution in [2.45, 2.75) is 13.0 Å². The lowest BCUT2D eigenvalue weighted by atomic mass is 10.1. The second kappa shape index (κ2) is 7.86. The molecule has 4 aromatic rings. The van der Waals surface area contributed by atoms with Crippen molar-refractivity contribution in [1.82, 2.24) is 14.3 Å². The molecule has 0 aliphatic rings. The Bertz CT molecular complexity index is 1080. The van der Waals surface area contributed by atoms with Gasteiger partial charge in [-0.3, -0.25) is 9.20 Å². The summed E-state index contributed by atoms with van der Waals surface area (Å²) in [4.78, 5) is 20.0. The van der Waals surface area contributed by atoms with Crippen molar-refractivity contribution in [3.8, 4) is 17.0 Å². The number of rotatable bonds is 6. The van der Waals surface area contributed by atoms with E-state index < -0.39 is 0 Å². The maximum Gasteiger partial charge on any atom is 0.228 e. The van der Waals surface area contributed by atoms with Gasteiger partial charge in [-0.05, 0) is 29.8 Å². The van der Waals surface area contributed by atoms with E-state index in [4.69, 9.17) is 9.72 Å². The minimum atomic E-state index is 0.0863. The van der Waals surface area contributed by atoms with Crippen molar-refractivity contribution in [2.75, 3.05) is 14.2 Å². The molecule has 0 atom stereocenters. The number of hydrogen-bond donors (Lipinski definition) is 0. The maximum absolute atomic E-state index is 12.7. The van der Waals surface area contributed by atoms with Gasteiger partial charge in [0.1, 0.15) is 5.75 Å². The molecule has 0 fully saturated rings. The Morgan fingerprint density at radius 2 is 1.89 bits per heavy atom. The zero-order valence-corrected chi connectivity index (χ0v) is 16.6. The van der Waals surface area contributed by atoms with Gasteiger partial charge in [-0.1, -0.05) is 30.3 Å². The van der Waals surface area contributed by atoms with Crippen LogP contribution in [-0.4, -0.2) is 34.3 Å². The van der Waals surface area contributed by atoms with E-state index in [-0.39, 0.29) is 5.91 Å². The number of aromatic nitrogens is 2. The van der Waals surface area contributed by atoms with Gasteiger partial charge in [-0.15, -0.1) is 11.3 Å². The first-order valence-corrected chi connectivity index (χ1v) is 9.90. The van der Waals surface area contributed by atoms with E-state index in [2.05, 4.69) is 0 Å². The van der Waals surface area contributed by atoms with Crippen molar-refractivity contribution in [2.24, 2.45) is 0 Å². The molecule has 0 spiro atoms. The van der Waals surface area contributed by atoms with Crippen molar-refractivity contribution >= 4 is 22.2 Å². The average Bonchev–Trinajstić information content (AvgIpc) is 3.31. The van der Waals surface area contributed by atoms with Crippen LogP contribution in [0.1, 0.15) is 11.3 Å².